The average Bonchev–Trinajstić information content (AvgIpc) is 3.17. The maximum Gasteiger partial charge on any atom is 0.337 e. The first-order chi connectivity index (χ1) is 12.7. The maximum atomic E-state index is 12.5. The summed E-state index contributed by atoms with van der Waals surface area (Å²) in [4.78, 5) is 34.3. The molecule has 2 aromatic heterocycles. The monoisotopic (exact) mass is 366 g/mol. The number of carbonyl (C=O) groups is 2. The highest BCUT2D eigenvalue weighted by atomic mass is 32.1. The van der Waals surface area contributed by atoms with Gasteiger partial charge in [0.1, 0.15) is 10.8 Å². The number of urea groups is 1. The van der Waals surface area contributed by atoms with E-state index in [9.17, 15) is 9.59 Å². The number of anilines is 2. The fraction of sp³-hybridized carbons (Fsp3) is 0.111. The minimum absolute atomic E-state index is 0.286. The van der Waals surface area contributed by atoms with Gasteiger partial charge in [-0.25, -0.2) is 14.6 Å². The third-order valence-corrected chi connectivity index (χ3v) is 4.92. The predicted octanol–water partition coefficient (Wildman–Crippen LogP) is 3.54. The molecule has 0 aliphatic carbocycles. The van der Waals surface area contributed by atoms with Crippen LogP contribution in [-0.4, -0.2) is 29.1 Å². The van der Waals surface area contributed by atoms with Gasteiger partial charge >= 0.3 is 12.0 Å². The molecule has 0 radical (unpaired) electrons. The van der Waals surface area contributed by atoms with Crippen molar-refractivity contribution in [2.75, 3.05) is 17.3 Å². The van der Waals surface area contributed by atoms with Gasteiger partial charge in [-0.1, -0.05) is 6.07 Å². The molecule has 0 fully saturated rings. The molecule has 1 aliphatic heterocycles. The Morgan fingerprint density at radius 2 is 2.08 bits per heavy atom. The van der Waals surface area contributed by atoms with Gasteiger partial charge in [0.2, 0.25) is 0 Å². The van der Waals surface area contributed by atoms with Crippen LogP contribution in [-0.2, 0) is 11.3 Å². The van der Waals surface area contributed by atoms with Gasteiger partial charge in [-0.2, -0.15) is 0 Å². The Bertz CT molecular complexity index is 987. The van der Waals surface area contributed by atoms with Gasteiger partial charge in [0.25, 0.3) is 0 Å². The summed E-state index contributed by atoms with van der Waals surface area (Å²) in [6, 6.07) is 8.59. The molecular weight excluding hydrogens is 352 g/mol. The van der Waals surface area contributed by atoms with Crippen LogP contribution < -0.4 is 10.2 Å². The first kappa shape index (κ1) is 16.2. The summed E-state index contributed by atoms with van der Waals surface area (Å²) < 4.78 is 4.71. The van der Waals surface area contributed by atoms with Gasteiger partial charge in [0, 0.05) is 29.0 Å². The summed E-state index contributed by atoms with van der Waals surface area (Å²) >= 11 is 1.47. The largest absolute Gasteiger partial charge is 0.465 e. The molecular formula is C18H14N4O3S. The van der Waals surface area contributed by atoms with E-state index in [0.29, 0.717) is 23.6 Å². The number of hydrogen-bond donors (Lipinski definition) is 1. The lowest BCUT2D eigenvalue weighted by Crippen LogP contribution is -2.39. The van der Waals surface area contributed by atoms with Crippen molar-refractivity contribution in [3.8, 4) is 10.6 Å². The number of rotatable bonds is 3. The number of hydrogen-bond acceptors (Lipinski definition) is 6. The molecule has 3 aromatic rings. The third-order valence-electron chi connectivity index (χ3n) is 4.04. The highest BCUT2D eigenvalue weighted by Crippen LogP contribution is 2.32. The number of esters is 1. The summed E-state index contributed by atoms with van der Waals surface area (Å²) in [5, 5.41) is 5.48. The number of pyridine rings is 1. The molecule has 4 rings (SSSR count). The zero-order valence-electron chi connectivity index (χ0n) is 13.8. The lowest BCUT2D eigenvalue weighted by molar-refractivity contribution is 0.0600. The van der Waals surface area contributed by atoms with Crippen LogP contribution in [0.3, 0.4) is 0 Å². The molecule has 26 heavy (non-hydrogen) atoms. The van der Waals surface area contributed by atoms with Crippen molar-refractivity contribution in [1.29, 1.82) is 0 Å². The predicted molar refractivity (Wildman–Crippen MR) is 98.3 cm³/mol. The fourth-order valence-corrected chi connectivity index (χ4v) is 3.52. The zero-order chi connectivity index (χ0) is 18.1. The molecule has 0 bridgehead atoms. The minimum Gasteiger partial charge on any atom is -0.465 e. The SMILES string of the molecule is COC(=O)c1ccc2c(c1)NC(=O)N(c1csc(-c3ccncc3)n1)C2. The lowest BCUT2D eigenvalue weighted by Gasteiger charge is -2.28. The molecule has 7 nitrogen and oxygen atoms in total. The van der Waals surface area contributed by atoms with Gasteiger partial charge in [-0.05, 0) is 29.8 Å². The number of nitrogens with zero attached hydrogens (tertiary/aromatic N) is 3. The Morgan fingerprint density at radius 1 is 1.27 bits per heavy atom. The number of fused-ring (bicyclic) bond motifs is 1. The Kier molecular flexibility index (Phi) is 4.10. The maximum absolute atomic E-state index is 12.5. The summed E-state index contributed by atoms with van der Waals surface area (Å²) in [5.41, 5.74) is 2.86. The van der Waals surface area contributed by atoms with Gasteiger partial charge in [0.05, 0.1) is 19.2 Å². The number of carbonyl (C=O) groups excluding carboxylic acids is 2. The quantitative estimate of drug-likeness (QED) is 0.717. The highest BCUT2D eigenvalue weighted by molar-refractivity contribution is 7.13. The second-order valence-corrected chi connectivity index (χ2v) is 6.48. The number of benzene rings is 1. The van der Waals surface area contributed by atoms with E-state index in [0.717, 1.165) is 16.1 Å². The summed E-state index contributed by atoms with van der Waals surface area (Å²) in [6.07, 6.45) is 3.41. The van der Waals surface area contributed by atoms with E-state index < -0.39 is 5.97 Å². The van der Waals surface area contributed by atoms with E-state index in [1.807, 2.05) is 23.6 Å². The first-order valence-electron chi connectivity index (χ1n) is 7.81. The Labute approximate surface area is 153 Å². The Balaban J connectivity index is 1.61. The second kappa shape index (κ2) is 6.57. The van der Waals surface area contributed by atoms with Crippen LogP contribution in [0.25, 0.3) is 10.6 Å². The van der Waals surface area contributed by atoms with Crippen LogP contribution in [0.15, 0.2) is 48.1 Å². The zero-order valence-corrected chi connectivity index (χ0v) is 14.6. The summed E-state index contributed by atoms with van der Waals surface area (Å²) in [6.45, 7) is 0.377. The molecule has 130 valence electrons. The van der Waals surface area contributed by atoms with Gasteiger partial charge in [-0.15, -0.1) is 11.3 Å². The molecule has 3 heterocycles. The van der Waals surface area contributed by atoms with Crippen LogP contribution in [0.5, 0.6) is 0 Å². The molecule has 2 amide bonds. The molecule has 1 aromatic carbocycles. The van der Waals surface area contributed by atoms with Gasteiger partial charge in [0.15, 0.2) is 0 Å². The van der Waals surface area contributed by atoms with E-state index in [1.54, 1.807) is 29.4 Å². The number of amides is 2. The first-order valence-corrected chi connectivity index (χ1v) is 8.69. The van der Waals surface area contributed by atoms with Crippen molar-refractivity contribution in [3.63, 3.8) is 0 Å². The van der Waals surface area contributed by atoms with Crippen molar-refractivity contribution in [1.82, 2.24) is 9.97 Å². The topological polar surface area (TPSA) is 84.4 Å². The van der Waals surface area contributed by atoms with Gasteiger partial charge in [-0.3, -0.25) is 9.88 Å². The van der Waals surface area contributed by atoms with Crippen molar-refractivity contribution in [2.45, 2.75) is 6.54 Å². The minimum atomic E-state index is -0.439. The average molecular weight is 366 g/mol. The van der Waals surface area contributed by atoms with E-state index in [-0.39, 0.29) is 6.03 Å². The van der Waals surface area contributed by atoms with Crippen molar-refractivity contribution >= 4 is 34.8 Å². The van der Waals surface area contributed by atoms with Crippen LogP contribution in [0.4, 0.5) is 16.3 Å². The standard InChI is InChI=1S/C18H14N4O3S/c1-25-17(23)12-2-3-13-9-22(18(24)20-14(13)8-12)15-10-26-16(21-15)11-4-6-19-7-5-11/h2-8,10H,9H2,1H3,(H,20,24). The van der Waals surface area contributed by atoms with Gasteiger partial charge < -0.3 is 10.1 Å². The van der Waals surface area contributed by atoms with E-state index in [1.165, 1.54) is 18.4 Å². The van der Waals surface area contributed by atoms with Crippen molar-refractivity contribution < 1.29 is 14.3 Å². The summed E-state index contributed by atoms with van der Waals surface area (Å²) in [7, 11) is 1.32. The Hall–Kier alpha value is -3.26. The fourth-order valence-electron chi connectivity index (χ4n) is 2.70. The van der Waals surface area contributed by atoms with Crippen LogP contribution in [0.2, 0.25) is 0 Å². The molecule has 0 spiro atoms. The molecule has 0 atom stereocenters. The second-order valence-electron chi connectivity index (χ2n) is 5.63. The van der Waals surface area contributed by atoms with E-state index >= 15 is 0 Å². The Morgan fingerprint density at radius 3 is 2.85 bits per heavy atom. The highest BCUT2D eigenvalue weighted by Gasteiger charge is 2.26. The van der Waals surface area contributed by atoms with Crippen LogP contribution >= 0.6 is 11.3 Å². The number of thiazole rings is 1. The van der Waals surface area contributed by atoms with E-state index in [2.05, 4.69) is 15.3 Å². The smallest absolute Gasteiger partial charge is 0.337 e. The number of nitrogens with one attached hydrogen (secondary N) is 1. The third kappa shape index (κ3) is 2.91. The number of aromatic nitrogens is 2. The molecule has 0 saturated carbocycles. The normalized spacial score (nSPS) is 13.1. The van der Waals surface area contributed by atoms with Crippen molar-refractivity contribution in [2.24, 2.45) is 0 Å². The summed E-state index contributed by atoms with van der Waals surface area (Å²) in [5.74, 6) is 0.146. The van der Waals surface area contributed by atoms with E-state index in [4.69, 9.17) is 4.74 Å². The molecule has 0 saturated heterocycles. The molecule has 8 heteroatoms. The number of ether oxygens (including phenoxy) is 1. The number of methoxy groups -OCH3 is 1. The lowest BCUT2D eigenvalue weighted by atomic mass is 10.1. The van der Waals surface area contributed by atoms with Crippen LogP contribution in [0.1, 0.15) is 15.9 Å². The van der Waals surface area contributed by atoms with Crippen molar-refractivity contribution in [3.05, 3.63) is 59.2 Å². The van der Waals surface area contributed by atoms with Crippen LogP contribution in [0, 0.1) is 0 Å². The molecule has 1 N–H and O–H groups in total. The molecule has 1 aliphatic rings. The molecule has 0 unspecified atom stereocenters.